The van der Waals surface area contributed by atoms with Gasteiger partial charge in [-0.05, 0) is 49.9 Å². The van der Waals surface area contributed by atoms with Gasteiger partial charge in [-0.15, -0.1) is 0 Å². The highest BCUT2D eigenvalue weighted by atomic mass is 16.3. The molecular formula is C16H27NO. The van der Waals surface area contributed by atoms with Crippen molar-refractivity contribution in [2.75, 3.05) is 0 Å². The maximum atomic E-state index is 11.2. The molecule has 2 nitrogen and oxygen atoms in total. The summed E-state index contributed by atoms with van der Waals surface area (Å²) in [5.74, 6) is 1.53. The Morgan fingerprint density at radius 2 is 1.83 bits per heavy atom. The summed E-state index contributed by atoms with van der Waals surface area (Å²) in [5, 5.41) is 21.0. The van der Waals surface area contributed by atoms with Crippen LogP contribution in [0.3, 0.4) is 0 Å². The van der Waals surface area contributed by atoms with Gasteiger partial charge >= 0.3 is 0 Å². The molecule has 2 fully saturated rings. The Bertz CT molecular complexity index is 347. The van der Waals surface area contributed by atoms with Crippen molar-refractivity contribution in [1.82, 2.24) is 0 Å². The van der Waals surface area contributed by atoms with Gasteiger partial charge in [0, 0.05) is 0 Å². The SMILES string of the molecule is CC1CCC(O)(C2(C#N)CCCC(C)C2)C(C)C1. The van der Waals surface area contributed by atoms with Crippen LogP contribution in [-0.2, 0) is 0 Å². The summed E-state index contributed by atoms with van der Waals surface area (Å²) >= 11 is 0. The molecule has 0 radical (unpaired) electrons. The van der Waals surface area contributed by atoms with E-state index in [2.05, 4.69) is 26.8 Å². The van der Waals surface area contributed by atoms with Crippen LogP contribution in [0.25, 0.3) is 0 Å². The van der Waals surface area contributed by atoms with Crippen molar-refractivity contribution in [3.8, 4) is 6.07 Å². The average molecular weight is 249 g/mol. The molecule has 102 valence electrons. The number of aliphatic hydroxyl groups is 1. The molecule has 0 bridgehead atoms. The van der Waals surface area contributed by atoms with Crippen molar-refractivity contribution in [2.24, 2.45) is 23.2 Å². The smallest absolute Gasteiger partial charge is 0.0865 e. The predicted octanol–water partition coefficient (Wildman–Crippen LogP) is 3.89. The minimum atomic E-state index is -0.747. The number of nitrogens with zero attached hydrogens (tertiary/aromatic N) is 1. The third-order valence-corrected chi connectivity index (χ3v) is 5.63. The van der Waals surface area contributed by atoms with Crippen LogP contribution in [0.15, 0.2) is 0 Å². The molecular weight excluding hydrogens is 222 g/mol. The Balaban J connectivity index is 2.28. The van der Waals surface area contributed by atoms with E-state index >= 15 is 0 Å². The minimum Gasteiger partial charge on any atom is -0.388 e. The van der Waals surface area contributed by atoms with Gasteiger partial charge in [0.2, 0.25) is 0 Å². The van der Waals surface area contributed by atoms with Gasteiger partial charge in [0.15, 0.2) is 0 Å². The highest BCUT2D eigenvalue weighted by molar-refractivity contribution is 5.15. The van der Waals surface area contributed by atoms with Gasteiger partial charge in [0.05, 0.1) is 17.1 Å². The van der Waals surface area contributed by atoms with E-state index in [4.69, 9.17) is 0 Å². The van der Waals surface area contributed by atoms with E-state index in [0.29, 0.717) is 11.8 Å². The van der Waals surface area contributed by atoms with Gasteiger partial charge in [-0.3, -0.25) is 0 Å². The Labute approximate surface area is 111 Å². The Kier molecular flexibility index (Phi) is 3.74. The summed E-state index contributed by atoms with van der Waals surface area (Å²) < 4.78 is 0. The lowest BCUT2D eigenvalue weighted by molar-refractivity contribution is -0.144. The monoisotopic (exact) mass is 249 g/mol. The third-order valence-electron chi connectivity index (χ3n) is 5.63. The molecule has 1 N–H and O–H groups in total. The standard InChI is InChI=1S/C16H27NO/c1-12-6-8-16(18,14(3)9-12)15(11-17)7-4-5-13(2)10-15/h12-14,18H,4-10H2,1-3H3. The zero-order valence-electron chi connectivity index (χ0n) is 12.1. The molecule has 2 aliphatic rings. The van der Waals surface area contributed by atoms with Crippen molar-refractivity contribution in [3.05, 3.63) is 0 Å². The Morgan fingerprint density at radius 3 is 2.39 bits per heavy atom. The van der Waals surface area contributed by atoms with Gasteiger partial charge in [-0.1, -0.05) is 33.6 Å². The number of hydrogen-bond donors (Lipinski definition) is 1. The van der Waals surface area contributed by atoms with E-state index in [9.17, 15) is 10.4 Å². The number of rotatable bonds is 1. The summed E-state index contributed by atoms with van der Waals surface area (Å²) in [6.07, 6.45) is 7.04. The van der Waals surface area contributed by atoms with Crippen LogP contribution >= 0.6 is 0 Å². The Morgan fingerprint density at radius 1 is 1.11 bits per heavy atom. The molecule has 0 aliphatic heterocycles. The fraction of sp³-hybridized carbons (Fsp3) is 0.938. The van der Waals surface area contributed by atoms with Crippen molar-refractivity contribution in [3.63, 3.8) is 0 Å². The second-order valence-electron chi connectivity index (χ2n) is 7.10. The Hall–Kier alpha value is -0.550. The normalized spacial score (nSPS) is 49.6. The zero-order chi connectivity index (χ0) is 13.4. The summed E-state index contributed by atoms with van der Waals surface area (Å²) in [5.41, 5.74) is -1.23. The molecule has 0 heterocycles. The second-order valence-corrected chi connectivity index (χ2v) is 7.10. The van der Waals surface area contributed by atoms with Gasteiger partial charge < -0.3 is 5.11 Å². The molecule has 2 rings (SSSR count). The lowest BCUT2D eigenvalue weighted by Gasteiger charge is -2.52. The van der Waals surface area contributed by atoms with Crippen LogP contribution < -0.4 is 0 Å². The van der Waals surface area contributed by atoms with E-state index in [1.807, 2.05) is 0 Å². The quantitative estimate of drug-likeness (QED) is 0.766. The lowest BCUT2D eigenvalue weighted by Crippen LogP contribution is -2.56. The molecule has 2 heteroatoms. The van der Waals surface area contributed by atoms with Crippen molar-refractivity contribution in [2.45, 2.75) is 71.3 Å². The van der Waals surface area contributed by atoms with Gasteiger partial charge in [-0.25, -0.2) is 0 Å². The van der Waals surface area contributed by atoms with Crippen LogP contribution in [0.5, 0.6) is 0 Å². The molecule has 18 heavy (non-hydrogen) atoms. The molecule has 5 atom stereocenters. The molecule has 0 aromatic heterocycles. The second kappa shape index (κ2) is 4.85. The molecule has 0 aromatic carbocycles. The first-order chi connectivity index (χ1) is 8.43. The maximum absolute atomic E-state index is 11.2. The van der Waals surface area contributed by atoms with Crippen LogP contribution in [0.1, 0.15) is 65.7 Å². The third kappa shape index (κ3) is 2.07. The molecule has 2 aliphatic carbocycles. The summed E-state index contributed by atoms with van der Waals surface area (Å²) in [6.45, 7) is 6.64. The first-order valence-electron chi connectivity index (χ1n) is 7.57. The summed E-state index contributed by atoms with van der Waals surface area (Å²) in [6, 6.07) is 2.55. The molecule has 5 unspecified atom stereocenters. The summed E-state index contributed by atoms with van der Waals surface area (Å²) in [4.78, 5) is 0. The van der Waals surface area contributed by atoms with Crippen LogP contribution in [0.4, 0.5) is 0 Å². The number of nitriles is 1. The minimum absolute atomic E-state index is 0.256. The maximum Gasteiger partial charge on any atom is 0.0865 e. The first kappa shape index (κ1) is 13.9. The van der Waals surface area contributed by atoms with Gasteiger partial charge in [-0.2, -0.15) is 5.26 Å². The van der Waals surface area contributed by atoms with Crippen LogP contribution in [0.2, 0.25) is 0 Å². The van der Waals surface area contributed by atoms with E-state index in [1.165, 1.54) is 6.42 Å². The van der Waals surface area contributed by atoms with Crippen LogP contribution in [0, 0.1) is 34.5 Å². The van der Waals surface area contributed by atoms with Crippen molar-refractivity contribution in [1.29, 1.82) is 5.26 Å². The lowest BCUT2D eigenvalue weighted by atomic mass is 9.54. The highest BCUT2D eigenvalue weighted by Gasteiger charge is 2.56. The van der Waals surface area contributed by atoms with E-state index in [1.54, 1.807) is 0 Å². The molecule has 0 saturated heterocycles. The van der Waals surface area contributed by atoms with E-state index < -0.39 is 11.0 Å². The molecule has 0 aromatic rings. The fourth-order valence-electron chi connectivity index (χ4n) is 4.48. The first-order valence-corrected chi connectivity index (χ1v) is 7.57. The largest absolute Gasteiger partial charge is 0.388 e. The van der Waals surface area contributed by atoms with E-state index in [0.717, 1.165) is 38.5 Å². The fourth-order valence-corrected chi connectivity index (χ4v) is 4.48. The average Bonchev–Trinajstić information content (AvgIpc) is 2.34. The highest BCUT2D eigenvalue weighted by Crippen LogP contribution is 2.54. The van der Waals surface area contributed by atoms with E-state index in [-0.39, 0.29) is 5.92 Å². The predicted molar refractivity (Wildman–Crippen MR) is 72.8 cm³/mol. The molecule has 2 saturated carbocycles. The van der Waals surface area contributed by atoms with Gasteiger partial charge in [0.25, 0.3) is 0 Å². The molecule has 0 amide bonds. The summed E-state index contributed by atoms with van der Waals surface area (Å²) in [7, 11) is 0. The van der Waals surface area contributed by atoms with Gasteiger partial charge in [0.1, 0.15) is 0 Å². The number of hydrogen-bond acceptors (Lipinski definition) is 2. The molecule has 0 spiro atoms. The zero-order valence-corrected chi connectivity index (χ0v) is 12.1. The van der Waals surface area contributed by atoms with Crippen molar-refractivity contribution >= 4 is 0 Å². The van der Waals surface area contributed by atoms with Crippen LogP contribution in [-0.4, -0.2) is 10.7 Å². The van der Waals surface area contributed by atoms with Crippen molar-refractivity contribution < 1.29 is 5.11 Å². The topological polar surface area (TPSA) is 44.0 Å².